The first-order chi connectivity index (χ1) is 17.7. The van der Waals surface area contributed by atoms with Crippen LogP contribution in [0.4, 0.5) is 0 Å². The van der Waals surface area contributed by atoms with Crippen LogP contribution in [0.25, 0.3) is 0 Å². The molecule has 15 heteroatoms. The number of nitrogens with one attached hydrogen (secondary N) is 3. The normalized spacial score (nSPS) is 16.7. The molecule has 1 aliphatic carbocycles. The van der Waals surface area contributed by atoms with E-state index in [-0.39, 0.29) is 25.0 Å². The number of amides is 5. The highest BCUT2D eigenvalue weighted by Gasteiger charge is 2.42. The van der Waals surface area contributed by atoms with Crippen LogP contribution in [-0.2, 0) is 35.0 Å². The minimum atomic E-state index is -4.74. The third-order valence-corrected chi connectivity index (χ3v) is 6.54. The lowest BCUT2D eigenvalue weighted by Crippen LogP contribution is -2.64. The van der Waals surface area contributed by atoms with Crippen molar-refractivity contribution in [3.8, 4) is 5.75 Å². The van der Waals surface area contributed by atoms with Gasteiger partial charge in [0.1, 0.15) is 23.4 Å². The summed E-state index contributed by atoms with van der Waals surface area (Å²) < 4.78 is 15.5. The van der Waals surface area contributed by atoms with Crippen molar-refractivity contribution >= 4 is 37.4 Å². The second-order valence-corrected chi connectivity index (χ2v) is 10.4. The zero-order valence-electron chi connectivity index (χ0n) is 21.0. The number of hydrogen-bond donors (Lipinski definition) is 7. The Balaban J connectivity index is 2.27. The van der Waals surface area contributed by atoms with Crippen LogP contribution < -0.4 is 31.9 Å². The number of phosphoric acid groups is 1. The summed E-state index contributed by atoms with van der Waals surface area (Å²) >= 11 is 0. The lowest BCUT2D eigenvalue weighted by atomic mass is 9.87. The molecule has 0 aromatic heterocycles. The largest absolute Gasteiger partial charge is 0.524 e. The Kier molecular flexibility index (Phi) is 10.8. The van der Waals surface area contributed by atoms with Gasteiger partial charge in [-0.05, 0) is 30.5 Å². The van der Waals surface area contributed by atoms with Gasteiger partial charge in [-0.1, -0.05) is 37.8 Å². The molecule has 2 atom stereocenters. The van der Waals surface area contributed by atoms with Crippen molar-refractivity contribution in [2.24, 2.45) is 11.5 Å². The predicted octanol–water partition coefficient (Wildman–Crippen LogP) is -0.740. The second-order valence-electron chi connectivity index (χ2n) is 9.27. The fourth-order valence-electron chi connectivity index (χ4n) is 4.30. The van der Waals surface area contributed by atoms with E-state index in [1.807, 2.05) is 0 Å². The maximum atomic E-state index is 13.4. The van der Waals surface area contributed by atoms with Crippen LogP contribution in [0.5, 0.6) is 5.75 Å². The van der Waals surface area contributed by atoms with Crippen molar-refractivity contribution in [2.75, 3.05) is 0 Å². The van der Waals surface area contributed by atoms with Gasteiger partial charge in [-0.15, -0.1) is 0 Å². The van der Waals surface area contributed by atoms with E-state index < -0.39 is 61.4 Å². The fourth-order valence-corrected chi connectivity index (χ4v) is 4.69. The summed E-state index contributed by atoms with van der Waals surface area (Å²) in [5.41, 5.74) is 9.61. The molecule has 14 nitrogen and oxygen atoms in total. The molecule has 5 amide bonds. The van der Waals surface area contributed by atoms with E-state index in [1.165, 1.54) is 31.2 Å². The van der Waals surface area contributed by atoms with Crippen molar-refractivity contribution in [3.05, 3.63) is 29.8 Å². The van der Waals surface area contributed by atoms with Crippen LogP contribution in [-0.4, -0.2) is 56.9 Å². The molecule has 2 rings (SSSR count). The van der Waals surface area contributed by atoms with E-state index in [0.717, 1.165) is 12.8 Å². The fraction of sp³-hybridized carbons (Fsp3) is 0.522. The van der Waals surface area contributed by atoms with Crippen LogP contribution >= 0.6 is 7.82 Å². The van der Waals surface area contributed by atoms with Gasteiger partial charge >= 0.3 is 7.82 Å². The summed E-state index contributed by atoms with van der Waals surface area (Å²) in [6.45, 7) is 1.23. The van der Waals surface area contributed by atoms with Crippen molar-refractivity contribution in [1.82, 2.24) is 16.0 Å². The zero-order chi connectivity index (χ0) is 28.5. The molecular formula is C23H34N5O9P. The standard InChI is InChI=1S/C23H34N5O9P/c1-14(29)26-18(12-15-6-8-16(9-7-15)37-38(34,35)36)21(32)28-23(10-4-2-3-5-11-23)22(33)27-17(20(25)31)13-19(24)30/h6-9,17-18H,2-5,10-13H2,1H3,(H2,24,30)(H2,25,31)(H,26,29)(H,27,33)(H,28,32)(H2,34,35,36)/t17-,18-/m0/s1. The highest BCUT2D eigenvalue weighted by Crippen LogP contribution is 2.37. The minimum absolute atomic E-state index is 0.00904. The van der Waals surface area contributed by atoms with Crippen molar-refractivity contribution < 1.29 is 42.8 Å². The summed E-state index contributed by atoms with van der Waals surface area (Å²) in [5.74, 6) is -3.71. The molecule has 0 saturated heterocycles. The molecule has 0 spiro atoms. The average molecular weight is 556 g/mol. The second kappa shape index (κ2) is 13.4. The molecule has 1 saturated carbocycles. The van der Waals surface area contributed by atoms with Gasteiger partial charge in [0.05, 0.1) is 6.42 Å². The van der Waals surface area contributed by atoms with Gasteiger partial charge < -0.3 is 31.9 Å². The monoisotopic (exact) mass is 555 g/mol. The molecule has 0 heterocycles. The van der Waals surface area contributed by atoms with Crippen LogP contribution in [0, 0.1) is 0 Å². The Labute approximate surface area is 219 Å². The first-order valence-electron chi connectivity index (χ1n) is 12.0. The topological polar surface area (TPSA) is 240 Å². The summed E-state index contributed by atoms with van der Waals surface area (Å²) in [6, 6.07) is 3.11. The van der Waals surface area contributed by atoms with Crippen LogP contribution in [0.2, 0.25) is 0 Å². The highest BCUT2D eigenvalue weighted by atomic mass is 31.2. The van der Waals surface area contributed by atoms with E-state index in [4.69, 9.17) is 21.3 Å². The van der Waals surface area contributed by atoms with Crippen molar-refractivity contribution in [3.63, 3.8) is 0 Å². The SMILES string of the molecule is CC(=O)N[C@@H](Cc1ccc(OP(=O)(O)O)cc1)C(=O)NC1(C(=O)N[C@@H](CC(N)=O)C(N)=O)CCCCCC1. The van der Waals surface area contributed by atoms with Gasteiger partial charge in [0.2, 0.25) is 29.5 Å². The quantitative estimate of drug-likeness (QED) is 0.127. The van der Waals surface area contributed by atoms with Gasteiger partial charge in [-0.3, -0.25) is 33.8 Å². The molecule has 0 unspecified atom stereocenters. The van der Waals surface area contributed by atoms with Crippen LogP contribution in [0.1, 0.15) is 57.4 Å². The van der Waals surface area contributed by atoms with E-state index in [2.05, 4.69) is 20.5 Å². The van der Waals surface area contributed by atoms with Crippen LogP contribution in [0.15, 0.2) is 24.3 Å². The van der Waals surface area contributed by atoms with Gasteiger partial charge in [-0.25, -0.2) is 4.57 Å². The van der Waals surface area contributed by atoms with Gasteiger partial charge in [-0.2, -0.15) is 0 Å². The smallest absolute Gasteiger partial charge is 0.404 e. The van der Waals surface area contributed by atoms with E-state index in [9.17, 15) is 28.5 Å². The number of hydrogen-bond acceptors (Lipinski definition) is 7. The molecule has 0 bridgehead atoms. The number of phosphoric ester groups is 1. The number of carbonyl (C=O) groups excluding carboxylic acids is 5. The maximum Gasteiger partial charge on any atom is 0.524 e. The maximum absolute atomic E-state index is 13.4. The van der Waals surface area contributed by atoms with Crippen molar-refractivity contribution in [2.45, 2.75) is 75.9 Å². The number of carbonyl (C=O) groups is 5. The molecule has 9 N–H and O–H groups in total. The molecule has 1 aliphatic rings. The Bertz CT molecular complexity index is 1080. The molecule has 0 radical (unpaired) electrons. The third kappa shape index (κ3) is 9.77. The molecule has 38 heavy (non-hydrogen) atoms. The summed E-state index contributed by atoms with van der Waals surface area (Å²) in [5, 5.41) is 7.78. The lowest BCUT2D eigenvalue weighted by Gasteiger charge is -2.35. The number of primary amides is 2. The van der Waals surface area contributed by atoms with E-state index >= 15 is 0 Å². The first-order valence-corrected chi connectivity index (χ1v) is 13.6. The predicted molar refractivity (Wildman–Crippen MR) is 134 cm³/mol. The number of rotatable bonds is 12. The Morgan fingerprint density at radius 1 is 0.974 bits per heavy atom. The van der Waals surface area contributed by atoms with Gasteiger partial charge in [0.15, 0.2) is 0 Å². The minimum Gasteiger partial charge on any atom is -0.404 e. The average Bonchev–Trinajstić information content (AvgIpc) is 3.04. The Morgan fingerprint density at radius 2 is 1.55 bits per heavy atom. The molecule has 1 aromatic rings. The zero-order valence-corrected chi connectivity index (χ0v) is 21.9. The highest BCUT2D eigenvalue weighted by molar-refractivity contribution is 7.46. The summed E-state index contributed by atoms with van der Waals surface area (Å²) in [4.78, 5) is 79.7. The van der Waals surface area contributed by atoms with E-state index in [0.29, 0.717) is 18.4 Å². The van der Waals surface area contributed by atoms with Crippen LogP contribution in [0.3, 0.4) is 0 Å². The number of nitrogens with two attached hydrogens (primary N) is 2. The van der Waals surface area contributed by atoms with Crippen molar-refractivity contribution in [1.29, 1.82) is 0 Å². The van der Waals surface area contributed by atoms with E-state index in [1.54, 1.807) is 0 Å². The van der Waals surface area contributed by atoms with Gasteiger partial charge in [0.25, 0.3) is 0 Å². The molecule has 1 aromatic carbocycles. The third-order valence-electron chi connectivity index (χ3n) is 6.09. The lowest BCUT2D eigenvalue weighted by molar-refractivity contribution is -0.138. The Morgan fingerprint density at radius 3 is 2.03 bits per heavy atom. The number of benzene rings is 1. The molecule has 210 valence electrons. The molecule has 1 fully saturated rings. The van der Waals surface area contributed by atoms with Gasteiger partial charge in [0, 0.05) is 13.3 Å². The Hall–Kier alpha value is -3.48. The first kappa shape index (κ1) is 30.7. The summed E-state index contributed by atoms with van der Waals surface area (Å²) in [7, 11) is -4.74. The molecular weight excluding hydrogens is 521 g/mol. The summed E-state index contributed by atoms with van der Waals surface area (Å²) in [6.07, 6.45) is 2.87. The molecule has 0 aliphatic heterocycles.